The predicted molar refractivity (Wildman–Crippen MR) is 202 cm³/mol. The van der Waals surface area contributed by atoms with Crippen LogP contribution >= 0.6 is 0 Å². The molecule has 0 bridgehead atoms. The molecule has 0 spiro atoms. The molecule has 324 valence electrons. The molecule has 2 heterocycles. The Morgan fingerprint density at radius 3 is 1.84 bits per heavy atom. The van der Waals surface area contributed by atoms with Gasteiger partial charge in [0.15, 0.2) is 0 Å². The lowest BCUT2D eigenvalue weighted by atomic mass is 9.32. The van der Waals surface area contributed by atoms with E-state index in [-0.39, 0.29) is 52.4 Å². The monoisotopic (exact) mass is 808 g/mol. The van der Waals surface area contributed by atoms with Crippen molar-refractivity contribution in [3.63, 3.8) is 0 Å². The molecule has 0 aromatic carbocycles. The van der Waals surface area contributed by atoms with E-state index in [0.717, 1.165) is 44.9 Å². The van der Waals surface area contributed by atoms with E-state index < -0.39 is 84.4 Å². The Labute approximate surface area is 335 Å². The van der Waals surface area contributed by atoms with Crippen LogP contribution in [0.5, 0.6) is 0 Å². The molecule has 14 nitrogen and oxygen atoms in total. The summed E-state index contributed by atoms with van der Waals surface area (Å²) in [6.45, 7) is 16.4. The van der Waals surface area contributed by atoms with E-state index in [1.807, 2.05) is 0 Å². The molecule has 7 aliphatic rings. The van der Waals surface area contributed by atoms with Crippen molar-refractivity contribution in [2.45, 2.75) is 186 Å². The fourth-order valence-electron chi connectivity index (χ4n) is 14.6. The van der Waals surface area contributed by atoms with Crippen LogP contribution in [0.15, 0.2) is 11.6 Å². The molecule has 5 aliphatic carbocycles. The summed E-state index contributed by atoms with van der Waals surface area (Å²) in [6.07, 6.45) is -7.48. The van der Waals surface area contributed by atoms with Crippen LogP contribution in [0.3, 0.4) is 0 Å². The van der Waals surface area contributed by atoms with Gasteiger partial charge in [-0.3, -0.25) is 9.59 Å². The van der Waals surface area contributed by atoms with E-state index in [1.165, 1.54) is 5.57 Å². The molecule has 0 amide bonds. The molecule has 0 aromatic rings. The lowest BCUT2D eigenvalue weighted by molar-refractivity contribution is -0.312. The minimum Gasteiger partial charge on any atom is -0.435 e. The van der Waals surface area contributed by atoms with Crippen molar-refractivity contribution in [2.75, 3.05) is 0 Å². The highest BCUT2D eigenvalue weighted by Gasteiger charge is 2.70. The van der Waals surface area contributed by atoms with Crippen LogP contribution in [0.25, 0.3) is 0 Å². The van der Waals surface area contributed by atoms with Gasteiger partial charge in [0.2, 0.25) is 12.6 Å². The van der Waals surface area contributed by atoms with Crippen molar-refractivity contribution in [1.82, 2.24) is 0 Å². The van der Waals surface area contributed by atoms with Gasteiger partial charge in [0.1, 0.15) is 48.8 Å². The highest BCUT2D eigenvalue weighted by atomic mass is 16.7. The molecule has 20 atom stereocenters. The molecular weight excluding hydrogens is 740 g/mol. The summed E-state index contributed by atoms with van der Waals surface area (Å²) in [5.41, 5.74) is -0.249. The Bertz CT molecular complexity index is 1550. The Kier molecular flexibility index (Phi) is 11.2. The van der Waals surface area contributed by atoms with Gasteiger partial charge >= 0.3 is 0 Å². The zero-order valence-corrected chi connectivity index (χ0v) is 34.6. The van der Waals surface area contributed by atoms with Gasteiger partial charge in [0, 0.05) is 5.41 Å². The molecule has 8 unspecified atom stereocenters. The van der Waals surface area contributed by atoms with Crippen molar-refractivity contribution >= 4 is 12.9 Å². The minimum absolute atomic E-state index is 0.0222. The largest absolute Gasteiger partial charge is 0.435 e. The SMILES string of the molecule is CC1(C)CC[C@]2(C(O)[C@@H]3OC(OC=O)[C@@H](O)[C@H](O)C3O)CC[C@]3(C)C(=CCC4[C@@]5(C)CC[C@H]([C@H](O)[C@@H]6OC(OC=O)[C@@H](O)[C@H](O)C6O)C(C)(C)C5CC[C@]43C)C2C1. The number of allylic oxidation sites excluding steroid dienone is 2. The third-order valence-corrected chi connectivity index (χ3v) is 18.1. The predicted octanol–water partition coefficient (Wildman–Crippen LogP) is 2.09. The highest BCUT2D eigenvalue weighted by Crippen LogP contribution is 2.76. The van der Waals surface area contributed by atoms with Gasteiger partial charge in [-0.05, 0) is 115 Å². The normalized spacial score (nSPS) is 52.6. The number of fused-ring (bicyclic) bond motifs is 7. The topological polar surface area (TPSA) is 233 Å². The maximum absolute atomic E-state index is 12.4. The van der Waals surface area contributed by atoms with Gasteiger partial charge in [-0.2, -0.15) is 0 Å². The third kappa shape index (κ3) is 6.31. The molecule has 8 N–H and O–H groups in total. The van der Waals surface area contributed by atoms with Gasteiger partial charge < -0.3 is 59.8 Å². The fourth-order valence-corrected chi connectivity index (χ4v) is 14.6. The lowest BCUT2D eigenvalue weighted by Gasteiger charge is -2.72. The van der Waals surface area contributed by atoms with E-state index in [0.29, 0.717) is 25.2 Å². The van der Waals surface area contributed by atoms with Crippen LogP contribution in [0.2, 0.25) is 0 Å². The maximum atomic E-state index is 12.4. The highest BCUT2D eigenvalue weighted by molar-refractivity contribution is 5.38. The molecule has 2 saturated heterocycles. The Hall–Kier alpha value is -1.72. The summed E-state index contributed by atoms with van der Waals surface area (Å²) in [7, 11) is 0. The average molecular weight is 809 g/mol. The minimum atomic E-state index is -1.68. The quantitative estimate of drug-likeness (QED) is 0.130. The van der Waals surface area contributed by atoms with Crippen molar-refractivity contribution < 1.29 is 69.4 Å². The summed E-state index contributed by atoms with van der Waals surface area (Å²) >= 11 is 0. The summed E-state index contributed by atoms with van der Waals surface area (Å²) in [5, 5.41) is 88.8. The summed E-state index contributed by atoms with van der Waals surface area (Å²) in [6, 6.07) is 0. The fraction of sp³-hybridized carbons (Fsp3) is 0.907. The third-order valence-electron chi connectivity index (χ3n) is 18.1. The van der Waals surface area contributed by atoms with Crippen LogP contribution < -0.4 is 0 Å². The Morgan fingerprint density at radius 1 is 0.684 bits per heavy atom. The van der Waals surface area contributed by atoms with Gasteiger partial charge in [0.05, 0.1) is 12.2 Å². The molecular formula is C43H68O14. The number of carbonyl (C=O) groups excluding carboxylic acids is 2. The first-order valence-corrected chi connectivity index (χ1v) is 21.2. The zero-order valence-electron chi connectivity index (χ0n) is 34.6. The van der Waals surface area contributed by atoms with Crippen LogP contribution in [0.1, 0.15) is 113 Å². The first kappa shape index (κ1) is 43.4. The molecule has 0 aromatic heterocycles. The second-order valence-corrected chi connectivity index (χ2v) is 21.2. The molecule has 2 aliphatic heterocycles. The van der Waals surface area contributed by atoms with E-state index in [1.54, 1.807) is 0 Å². The van der Waals surface area contributed by atoms with Gasteiger partial charge in [-0.15, -0.1) is 0 Å². The Morgan fingerprint density at radius 2 is 1.25 bits per heavy atom. The first-order valence-electron chi connectivity index (χ1n) is 21.2. The number of hydrogen-bond acceptors (Lipinski definition) is 14. The van der Waals surface area contributed by atoms with E-state index >= 15 is 0 Å². The Balaban J connectivity index is 1.19. The van der Waals surface area contributed by atoms with Crippen molar-refractivity contribution in [3.8, 4) is 0 Å². The zero-order chi connectivity index (χ0) is 41.8. The molecule has 57 heavy (non-hydrogen) atoms. The van der Waals surface area contributed by atoms with Crippen molar-refractivity contribution in [1.29, 1.82) is 0 Å². The molecule has 4 saturated carbocycles. The molecule has 7 rings (SSSR count). The number of aliphatic hydroxyl groups excluding tert-OH is 8. The summed E-state index contributed by atoms with van der Waals surface area (Å²) in [4.78, 5) is 22.4. The number of rotatable bonds is 8. The van der Waals surface area contributed by atoms with Gasteiger partial charge in [-0.1, -0.05) is 60.1 Å². The first-order chi connectivity index (χ1) is 26.6. The van der Waals surface area contributed by atoms with Crippen molar-refractivity contribution in [2.24, 2.45) is 56.2 Å². The standard InChI is InChI=1S/C43H68O14/c1-38(2)14-16-43(35(53)34-30(50)28(48)32(52)37(57-34)55-20-45)17-15-41(6)21(23(43)18-38)8-9-25-40(5)12-10-22(39(3,4)24(40)11-13-42(25,41)7)26(46)33-29(49)27(47)31(51)36(56-33)54-19-44/h8,19-20,22-37,46-53H,9-18H2,1-7H3/t22-,23?,24?,25?,26+,27-,28-,29?,30?,31+,32+,33+,34-,35?,36?,37?,40+,41-,42-,43+/m1/s1. The van der Waals surface area contributed by atoms with E-state index in [2.05, 4.69) is 54.5 Å². The van der Waals surface area contributed by atoms with Crippen LogP contribution in [-0.4, -0.2) is 127 Å². The second-order valence-electron chi connectivity index (χ2n) is 21.2. The van der Waals surface area contributed by atoms with Crippen molar-refractivity contribution in [3.05, 3.63) is 11.6 Å². The number of hydrogen-bond donors (Lipinski definition) is 8. The van der Waals surface area contributed by atoms with Crippen LogP contribution in [0, 0.1) is 56.2 Å². The van der Waals surface area contributed by atoms with E-state index in [4.69, 9.17) is 18.9 Å². The summed E-state index contributed by atoms with van der Waals surface area (Å²) in [5.74, 6) is 0.122. The lowest BCUT2D eigenvalue weighted by Crippen LogP contribution is -2.68. The molecule has 14 heteroatoms. The van der Waals surface area contributed by atoms with Gasteiger partial charge in [-0.25, -0.2) is 0 Å². The van der Waals surface area contributed by atoms with Crippen LogP contribution in [-0.2, 0) is 28.5 Å². The molecule has 6 fully saturated rings. The number of ether oxygens (including phenoxy) is 4. The molecule has 0 radical (unpaired) electrons. The van der Waals surface area contributed by atoms with Gasteiger partial charge in [0.25, 0.3) is 12.9 Å². The number of aliphatic hydroxyl groups is 8. The maximum Gasteiger partial charge on any atom is 0.295 e. The van der Waals surface area contributed by atoms with E-state index in [9.17, 15) is 50.4 Å². The summed E-state index contributed by atoms with van der Waals surface area (Å²) < 4.78 is 21.5. The second kappa shape index (κ2) is 14.7. The van der Waals surface area contributed by atoms with Crippen LogP contribution in [0.4, 0.5) is 0 Å². The average Bonchev–Trinajstić information content (AvgIpc) is 3.14. The smallest absolute Gasteiger partial charge is 0.295 e. The number of carbonyl (C=O) groups is 2.